The van der Waals surface area contributed by atoms with E-state index in [1.54, 1.807) is 31.2 Å². The Bertz CT molecular complexity index is 885. The number of methoxy groups -OCH3 is 1. The molecule has 2 rings (SSSR count). The van der Waals surface area contributed by atoms with Crippen molar-refractivity contribution in [3.05, 3.63) is 70.2 Å². The molecule has 0 saturated heterocycles. The lowest BCUT2D eigenvalue weighted by atomic mass is 9.96. The number of sulfonamides is 1. The fourth-order valence-electron chi connectivity index (χ4n) is 2.42. The number of rotatable bonds is 7. The van der Waals surface area contributed by atoms with Gasteiger partial charge in [-0.25, -0.2) is 13.1 Å². The van der Waals surface area contributed by atoms with E-state index in [1.165, 1.54) is 7.11 Å². The summed E-state index contributed by atoms with van der Waals surface area (Å²) in [6.07, 6.45) is -4.47. The van der Waals surface area contributed by atoms with E-state index in [0.29, 0.717) is 10.6 Å². The lowest BCUT2D eigenvalue weighted by Gasteiger charge is -2.29. The maximum absolute atomic E-state index is 12.6. The molecule has 1 atom stereocenters. The minimum absolute atomic E-state index is 0.0627. The van der Waals surface area contributed by atoms with Crippen LogP contribution >= 0.6 is 11.6 Å². The predicted molar refractivity (Wildman–Crippen MR) is 97.9 cm³/mol. The molecule has 148 valence electrons. The molecule has 9 heteroatoms. The summed E-state index contributed by atoms with van der Waals surface area (Å²) in [5.41, 5.74) is -0.852. The average molecular weight is 422 g/mol. The molecule has 2 aromatic carbocycles. The van der Waals surface area contributed by atoms with Crippen LogP contribution in [0.3, 0.4) is 0 Å². The number of halogens is 4. The molecule has 0 aliphatic heterocycles. The topological polar surface area (TPSA) is 55.4 Å². The van der Waals surface area contributed by atoms with Crippen molar-refractivity contribution in [1.82, 2.24) is 4.72 Å². The first-order valence-electron chi connectivity index (χ1n) is 7.90. The van der Waals surface area contributed by atoms with Crippen LogP contribution in [-0.2, 0) is 32.3 Å². The molecule has 0 radical (unpaired) electrons. The molecule has 4 nitrogen and oxygen atoms in total. The highest BCUT2D eigenvalue weighted by atomic mass is 35.5. The maximum atomic E-state index is 12.6. The van der Waals surface area contributed by atoms with E-state index in [1.807, 2.05) is 0 Å². The van der Waals surface area contributed by atoms with Gasteiger partial charge >= 0.3 is 6.18 Å². The van der Waals surface area contributed by atoms with Crippen LogP contribution in [0.25, 0.3) is 0 Å². The van der Waals surface area contributed by atoms with E-state index in [2.05, 4.69) is 4.72 Å². The van der Waals surface area contributed by atoms with Crippen LogP contribution in [0.2, 0.25) is 5.02 Å². The van der Waals surface area contributed by atoms with Crippen molar-refractivity contribution < 1.29 is 26.3 Å². The standard InChI is InChI=1S/C18H19ClF3NO3S/c1-17(26-2,15-4-3-5-16(19)10-15)12-23-27(24,25)11-13-6-8-14(9-7-13)18(20,21)22/h3-10,23H,11-12H2,1-2H3. The Morgan fingerprint density at radius 1 is 1.07 bits per heavy atom. The molecule has 1 unspecified atom stereocenters. The van der Waals surface area contributed by atoms with Gasteiger partial charge in [-0.05, 0) is 42.3 Å². The lowest BCUT2D eigenvalue weighted by Crippen LogP contribution is -2.40. The molecule has 27 heavy (non-hydrogen) atoms. The summed E-state index contributed by atoms with van der Waals surface area (Å²) in [5, 5.41) is 0.489. The Labute approximate surface area is 161 Å². The van der Waals surface area contributed by atoms with E-state index in [4.69, 9.17) is 16.3 Å². The first kappa shape index (κ1) is 21.7. The monoisotopic (exact) mass is 421 g/mol. The van der Waals surface area contributed by atoms with Gasteiger partial charge in [0.15, 0.2) is 0 Å². The van der Waals surface area contributed by atoms with Crippen molar-refractivity contribution >= 4 is 21.6 Å². The fraction of sp³-hybridized carbons (Fsp3) is 0.333. The second kappa shape index (κ2) is 8.18. The third kappa shape index (κ3) is 5.93. The van der Waals surface area contributed by atoms with Crippen LogP contribution in [0.15, 0.2) is 48.5 Å². The third-order valence-corrected chi connectivity index (χ3v) is 5.69. The van der Waals surface area contributed by atoms with Crippen molar-refractivity contribution in [2.75, 3.05) is 13.7 Å². The highest BCUT2D eigenvalue weighted by Gasteiger charge is 2.31. The molecule has 0 amide bonds. The molecule has 0 aliphatic rings. The van der Waals surface area contributed by atoms with Crippen molar-refractivity contribution in [3.63, 3.8) is 0 Å². The van der Waals surface area contributed by atoms with Gasteiger partial charge in [-0.3, -0.25) is 0 Å². The highest BCUT2D eigenvalue weighted by Crippen LogP contribution is 2.29. The quantitative estimate of drug-likeness (QED) is 0.723. The van der Waals surface area contributed by atoms with E-state index in [9.17, 15) is 21.6 Å². The van der Waals surface area contributed by atoms with E-state index >= 15 is 0 Å². The molecular weight excluding hydrogens is 403 g/mol. The number of nitrogens with one attached hydrogen (secondary N) is 1. The smallest absolute Gasteiger partial charge is 0.372 e. The van der Waals surface area contributed by atoms with Crippen LogP contribution in [0, 0.1) is 0 Å². The van der Waals surface area contributed by atoms with Gasteiger partial charge in [0.2, 0.25) is 10.0 Å². The second-order valence-electron chi connectivity index (χ2n) is 6.22. The molecule has 1 N–H and O–H groups in total. The largest absolute Gasteiger partial charge is 0.416 e. The Hall–Kier alpha value is -1.61. The first-order valence-corrected chi connectivity index (χ1v) is 9.93. The van der Waals surface area contributed by atoms with Crippen molar-refractivity contribution in [1.29, 1.82) is 0 Å². The Morgan fingerprint density at radius 3 is 2.22 bits per heavy atom. The molecule has 0 fully saturated rings. The van der Waals surface area contributed by atoms with Crippen molar-refractivity contribution in [3.8, 4) is 0 Å². The highest BCUT2D eigenvalue weighted by molar-refractivity contribution is 7.88. The van der Waals surface area contributed by atoms with E-state index in [-0.39, 0.29) is 12.1 Å². The third-order valence-electron chi connectivity index (χ3n) is 4.15. The van der Waals surface area contributed by atoms with Gasteiger partial charge in [0.05, 0.1) is 11.3 Å². The lowest BCUT2D eigenvalue weighted by molar-refractivity contribution is -0.137. The van der Waals surface area contributed by atoms with Crippen molar-refractivity contribution in [2.45, 2.75) is 24.5 Å². The normalized spacial score (nSPS) is 14.7. The van der Waals surface area contributed by atoms with Gasteiger partial charge in [0, 0.05) is 18.7 Å². The minimum Gasteiger partial charge on any atom is -0.372 e. The van der Waals surface area contributed by atoms with E-state index in [0.717, 1.165) is 24.3 Å². The van der Waals surface area contributed by atoms with Crippen LogP contribution in [0.1, 0.15) is 23.6 Å². The van der Waals surface area contributed by atoms with Gasteiger partial charge < -0.3 is 4.74 Å². The summed E-state index contributed by atoms with van der Waals surface area (Å²) >= 11 is 5.98. The van der Waals surface area contributed by atoms with Gasteiger partial charge in [0.25, 0.3) is 0 Å². The minimum atomic E-state index is -4.47. The Kier molecular flexibility index (Phi) is 6.57. The van der Waals surface area contributed by atoms with Gasteiger partial charge in [-0.2, -0.15) is 13.2 Å². The molecule has 0 aliphatic carbocycles. The number of ether oxygens (including phenoxy) is 1. The Balaban J connectivity index is 2.09. The molecule has 0 bridgehead atoms. The number of hydrogen-bond donors (Lipinski definition) is 1. The average Bonchev–Trinajstić information content (AvgIpc) is 2.59. The molecule has 0 spiro atoms. The fourth-order valence-corrected chi connectivity index (χ4v) is 3.84. The van der Waals surface area contributed by atoms with Crippen LogP contribution in [-0.4, -0.2) is 22.1 Å². The number of benzene rings is 2. The zero-order chi connectivity index (χ0) is 20.3. The Morgan fingerprint density at radius 2 is 1.70 bits per heavy atom. The summed E-state index contributed by atoms with van der Waals surface area (Å²) in [6.45, 7) is 1.64. The van der Waals surface area contributed by atoms with Crippen LogP contribution < -0.4 is 4.72 Å². The molecule has 0 heterocycles. The summed E-state index contributed by atoms with van der Waals surface area (Å²) in [5.74, 6) is -0.444. The summed E-state index contributed by atoms with van der Waals surface area (Å²) in [7, 11) is -2.34. The van der Waals surface area contributed by atoms with Crippen molar-refractivity contribution in [2.24, 2.45) is 0 Å². The zero-order valence-electron chi connectivity index (χ0n) is 14.7. The summed E-state index contributed by atoms with van der Waals surface area (Å²) < 4.78 is 70.3. The van der Waals surface area contributed by atoms with Gasteiger partial charge in [-0.1, -0.05) is 35.9 Å². The number of hydrogen-bond acceptors (Lipinski definition) is 3. The zero-order valence-corrected chi connectivity index (χ0v) is 16.3. The molecule has 0 saturated carbocycles. The first-order chi connectivity index (χ1) is 12.5. The van der Waals surface area contributed by atoms with E-state index < -0.39 is 33.1 Å². The predicted octanol–water partition coefficient (Wildman–Crippen LogP) is 4.34. The second-order valence-corrected chi connectivity index (χ2v) is 8.46. The summed E-state index contributed by atoms with van der Waals surface area (Å²) in [6, 6.07) is 10.9. The van der Waals surface area contributed by atoms with Gasteiger partial charge in [-0.15, -0.1) is 0 Å². The van der Waals surface area contributed by atoms with Gasteiger partial charge in [0.1, 0.15) is 5.60 Å². The molecule has 2 aromatic rings. The molecular formula is C18H19ClF3NO3S. The van der Waals surface area contributed by atoms with Crippen LogP contribution in [0.5, 0.6) is 0 Å². The number of alkyl halides is 3. The summed E-state index contributed by atoms with van der Waals surface area (Å²) in [4.78, 5) is 0. The van der Waals surface area contributed by atoms with Crippen LogP contribution in [0.4, 0.5) is 13.2 Å². The SMILES string of the molecule is COC(C)(CNS(=O)(=O)Cc1ccc(C(F)(F)F)cc1)c1cccc(Cl)c1. The maximum Gasteiger partial charge on any atom is 0.416 e. The molecule has 0 aromatic heterocycles.